The summed E-state index contributed by atoms with van der Waals surface area (Å²) >= 11 is 11.8. The van der Waals surface area contributed by atoms with Crippen molar-refractivity contribution in [1.82, 2.24) is 4.90 Å². The van der Waals surface area contributed by atoms with E-state index in [1.54, 1.807) is 24.3 Å². The van der Waals surface area contributed by atoms with Crippen molar-refractivity contribution in [1.29, 1.82) is 0 Å². The van der Waals surface area contributed by atoms with E-state index in [0.29, 0.717) is 18.0 Å². The second-order valence-corrected chi connectivity index (χ2v) is 7.37. The van der Waals surface area contributed by atoms with Gasteiger partial charge >= 0.3 is 5.97 Å². The summed E-state index contributed by atoms with van der Waals surface area (Å²) in [6, 6.07) is 8.10. The van der Waals surface area contributed by atoms with E-state index in [1.807, 2.05) is 6.92 Å². The van der Waals surface area contributed by atoms with E-state index in [1.165, 1.54) is 19.1 Å². The largest absolute Gasteiger partial charge is 0.492 e. The Labute approximate surface area is 188 Å². The third-order valence-electron chi connectivity index (χ3n) is 4.49. The fourth-order valence-electron chi connectivity index (χ4n) is 3.00. The molecule has 0 saturated heterocycles. The number of hydrogen-bond donors (Lipinski definition) is 1. The van der Waals surface area contributed by atoms with Crippen LogP contribution in [0.4, 0.5) is 5.69 Å². The number of esters is 1. The van der Waals surface area contributed by atoms with E-state index in [2.05, 4.69) is 5.32 Å². The highest BCUT2D eigenvalue weighted by molar-refractivity contribution is 6.43. The Kier molecular flexibility index (Phi) is 6.82. The average Bonchev–Trinajstić information content (AvgIpc) is 2.97. The minimum atomic E-state index is -1.26. The zero-order valence-corrected chi connectivity index (χ0v) is 18.1. The monoisotopic (exact) mass is 464 g/mol. The molecule has 162 valence electrons. The molecule has 1 heterocycles. The molecule has 3 rings (SSSR count). The number of benzene rings is 2. The van der Waals surface area contributed by atoms with Gasteiger partial charge in [-0.15, -0.1) is 0 Å². The van der Waals surface area contributed by atoms with E-state index in [4.69, 9.17) is 32.7 Å². The third kappa shape index (κ3) is 4.65. The van der Waals surface area contributed by atoms with E-state index in [-0.39, 0.29) is 21.2 Å². The standard InChI is InChI=1S/C21H18Cl2N2O6/c1-3-30-17-7-5-4-6-16(17)24-18(26)10-31-21(29)11(2)25-19(27)12-8-14(22)15(23)9-13(12)20(25)28/h4-9,11H,3,10H2,1-2H3,(H,24,26). The number of carbonyl (C=O) groups is 4. The third-order valence-corrected chi connectivity index (χ3v) is 5.22. The molecule has 31 heavy (non-hydrogen) atoms. The molecule has 2 aromatic carbocycles. The van der Waals surface area contributed by atoms with Crippen molar-refractivity contribution in [2.75, 3.05) is 18.5 Å². The van der Waals surface area contributed by atoms with Gasteiger partial charge in [0.15, 0.2) is 6.61 Å². The molecular formula is C21H18Cl2N2O6. The molecule has 2 aromatic rings. The lowest BCUT2D eigenvalue weighted by atomic mass is 10.1. The number of nitrogens with one attached hydrogen (secondary N) is 1. The minimum Gasteiger partial charge on any atom is -0.492 e. The van der Waals surface area contributed by atoms with E-state index >= 15 is 0 Å². The van der Waals surface area contributed by atoms with Crippen LogP contribution in [0.15, 0.2) is 36.4 Å². The van der Waals surface area contributed by atoms with Crippen LogP contribution in [0.2, 0.25) is 10.0 Å². The van der Waals surface area contributed by atoms with Crippen LogP contribution >= 0.6 is 23.2 Å². The Morgan fingerprint density at radius 2 is 1.65 bits per heavy atom. The van der Waals surface area contributed by atoms with Crippen molar-refractivity contribution in [3.05, 3.63) is 57.6 Å². The number of halogens is 2. The zero-order valence-electron chi connectivity index (χ0n) is 16.6. The number of rotatable bonds is 7. The number of ether oxygens (including phenoxy) is 2. The van der Waals surface area contributed by atoms with Crippen LogP contribution in [0, 0.1) is 0 Å². The van der Waals surface area contributed by atoms with Crippen LogP contribution in [0.5, 0.6) is 5.75 Å². The summed E-state index contributed by atoms with van der Waals surface area (Å²) in [4.78, 5) is 50.5. The molecule has 0 radical (unpaired) electrons. The molecule has 0 saturated carbocycles. The number of carbonyl (C=O) groups excluding carboxylic acids is 4. The summed E-state index contributed by atoms with van der Waals surface area (Å²) in [5.41, 5.74) is 0.515. The molecule has 10 heteroatoms. The van der Waals surface area contributed by atoms with Crippen LogP contribution in [0.1, 0.15) is 34.6 Å². The number of para-hydroxylation sites is 2. The summed E-state index contributed by atoms with van der Waals surface area (Å²) in [5.74, 6) is -2.44. The Morgan fingerprint density at radius 3 is 2.23 bits per heavy atom. The van der Waals surface area contributed by atoms with E-state index in [0.717, 1.165) is 4.90 Å². The maximum Gasteiger partial charge on any atom is 0.329 e. The maximum absolute atomic E-state index is 12.6. The zero-order chi connectivity index (χ0) is 22.7. The molecule has 8 nitrogen and oxygen atoms in total. The van der Waals surface area contributed by atoms with Crippen molar-refractivity contribution >= 4 is 52.6 Å². The summed E-state index contributed by atoms with van der Waals surface area (Å²) in [6.07, 6.45) is 0. The number of amides is 3. The molecule has 1 atom stereocenters. The van der Waals surface area contributed by atoms with Crippen LogP contribution in [0.25, 0.3) is 0 Å². The van der Waals surface area contributed by atoms with E-state index in [9.17, 15) is 19.2 Å². The van der Waals surface area contributed by atoms with Crippen molar-refractivity contribution < 1.29 is 28.7 Å². The molecule has 1 aliphatic rings. The van der Waals surface area contributed by atoms with Gasteiger partial charge in [-0.05, 0) is 38.1 Å². The Morgan fingerprint density at radius 1 is 1.06 bits per heavy atom. The second kappa shape index (κ2) is 9.36. The number of imide groups is 1. The smallest absolute Gasteiger partial charge is 0.329 e. The highest BCUT2D eigenvalue weighted by Crippen LogP contribution is 2.32. The van der Waals surface area contributed by atoms with Gasteiger partial charge in [0, 0.05) is 0 Å². The first kappa shape index (κ1) is 22.6. The summed E-state index contributed by atoms with van der Waals surface area (Å²) in [7, 11) is 0. The van der Waals surface area contributed by atoms with Crippen LogP contribution in [0.3, 0.4) is 0 Å². The number of anilines is 1. The molecule has 0 bridgehead atoms. The minimum absolute atomic E-state index is 0.0457. The van der Waals surface area contributed by atoms with Gasteiger partial charge in [0.05, 0.1) is 33.5 Å². The highest BCUT2D eigenvalue weighted by Gasteiger charge is 2.42. The van der Waals surface area contributed by atoms with Crippen molar-refractivity contribution in [2.45, 2.75) is 19.9 Å². The van der Waals surface area contributed by atoms with Gasteiger partial charge in [0.25, 0.3) is 17.7 Å². The Hall–Kier alpha value is -3.10. The summed E-state index contributed by atoms with van der Waals surface area (Å²) in [6.45, 7) is 2.94. The van der Waals surface area contributed by atoms with Crippen molar-refractivity contribution in [3.63, 3.8) is 0 Å². The van der Waals surface area contributed by atoms with Gasteiger partial charge < -0.3 is 14.8 Å². The van der Waals surface area contributed by atoms with Crippen molar-refractivity contribution in [3.8, 4) is 5.75 Å². The van der Waals surface area contributed by atoms with Gasteiger partial charge in [-0.3, -0.25) is 19.3 Å². The van der Waals surface area contributed by atoms with Crippen molar-refractivity contribution in [2.24, 2.45) is 0 Å². The normalized spacial score (nSPS) is 13.6. The highest BCUT2D eigenvalue weighted by atomic mass is 35.5. The topological polar surface area (TPSA) is 102 Å². The molecule has 0 spiro atoms. The second-order valence-electron chi connectivity index (χ2n) is 6.55. The summed E-state index contributed by atoms with van der Waals surface area (Å²) in [5, 5.41) is 2.81. The first-order valence-corrected chi connectivity index (χ1v) is 10.1. The molecule has 3 amide bonds. The van der Waals surface area contributed by atoms with Crippen LogP contribution in [-0.4, -0.2) is 47.8 Å². The summed E-state index contributed by atoms with van der Waals surface area (Å²) < 4.78 is 10.4. The lowest BCUT2D eigenvalue weighted by Gasteiger charge is -2.20. The van der Waals surface area contributed by atoms with Crippen LogP contribution in [-0.2, 0) is 14.3 Å². The first-order valence-electron chi connectivity index (χ1n) is 9.29. The number of hydrogen-bond acceptors (Lipinski definition) is 6. The van der Waals surface area contributed by atoms with Gasteiger partial charge in [-0.1, -0.05) is 35.3 Å². The maximum atomic E-state index is 12.6. The van der Waals surface area contributed by atoms with E-state index < -0.39 is 36.3 Å². The molecular weight excluding hydrogens is 447 g/mol. The lowest BCUT2D eigenvalue weighted by Crippen LogP contribution is -2.44. The predicted octanol–water partition coefficient (Wildman–Crippen LogP) is 3.56. The number of fused-ring (bicyclic) bond motifs is 1. The molecule has 1 N–H and O–H groups in total. The molecule has 0 aromatic heterocycles. The van der Waals surface area contributed by atoms with Gasteiger partial charge in [0.1, 0.15) is 11.8 Å². The quantitative estimate of drug-likeness (QED) is 0.496. The fourth-order valence-corrected chi connectivity index (χ4v) is 3.33. The molecule has 1 aliphatic heterocycles. The van der Waals surface area contributed by atoms with Crippen LogP contribution < -0.4 is 10.1 Å². The lowest BCUT2D eigenvalue weighted by molar-refractivity contribution is -0.150. The first-order chi connectivity index (χ1) is 14.7. The SMILES string of the molecule is CCOc1ccccc1NC(=O)COC(=O)C(C)N1C(=O)c2cc(Cl)c(Cl)cc2C1=O. The molecule has 0 aliphatic carbocycles. The Bertz CT molecular complexity index is 1030. The number of nitrogens with zero attached hydrogens (tertiary/aromatic N) is 1. The van der Waals surface area contributed by atoms with Gasteiger partial charge in [0.2, 0.25) is 0 Å². The predicted molar refractivity (Wildman–Crippen MR) is 114 cm³/mol. The Balaban J connectivity index is 1.63. The van der Waals surface area contributed by atoms with Gasteiger partial charge in [-0.2, -0.15) is 0 Å². The van der Waals surface area contributed by atoms with Gasteiger partial charge in [-0.25, -0.2) is 4.79 Å². The molecule has 0 fully saturated rings. The molecule has 1 unspecified atom stereocenters. The average molecular weight is 465 g/mol. The fraction of sp³-hybridized carbons (Fsp3) is 0.238.